The van der Waals surface area contributed by atoms with E-state index in [-0.39, 0.29) is 5.78 Å². The third kappa shape index (κ3) is 4.48. The third-order valence-corrected chi connectivity index (χ3v) is 4.19. The molecule has 3 heteroatoms. The van der Waals surface area contributed by atoms with Gasteiger partial charge in [0, 0.05) is 31.8 Å². The van der Waals surface area contributed by atoms with Crippen LogP contribution in [0.1, 0.15) is 64.7 Å². The second-order valence-electron chi connectivity index (χ2n) is 5.93. The molecular weight excluding hydrogens is 240 g/mol. The molecule has 3 nitrogen and oxygen atoms in total. The number of carbonyl (C=O) groups excluding carboxylic acids is 2. The number of ketones is 2. The Hall–Kier alpha value is -1.12. The van der Waals surface area contributed by atoms with Gasteiger partial charge in [0.05, 0.1) is 12.4 Å². The van der Waals surface area contributed by atoms with Crippen LogP contribution in [0, 0.1) is 5.41 Å². The van der Waals surface area contributed by atoms with Crippen LogP contribution in [0.4, 0.5) is 0 Å². The summed E-state index contributed by atoms with van der Waals surface area (Å²) in [5.74, 6) is 1.58. The third-order valence-electron chi connectivity index (χ3n) is 4.19. The van der Waals surface area contributed by atoms with Gasteiger partial charge >= 0.3 is 0 Å². The second kappa shape index (κ2) is 6.36. The normalized spacial score (nSPS) is 24.4. The average molecular weight is 264 g/mol. The summed E-state index contributed by atoms with van der Waals surface area (Å²) >= 11 is 0. The minimum Gasteiger partial charge on any atom is -0.498 e. The first-order valence-corrected chi connectivity index (χ1v) is 7.51. The van der Waals surface area contributed by atoms with E-state index in [0.717, 1.165) is 31.4 Å². The Bertz CT molecular complexity index is 377. The minimum absolute atomic E-state index is 0.203. The van der Waals surface area contributed by atoms with E-state index in [2.05, 4.69) is 0 Å². The lowest BCUT2D eigenvalue weighted by atomic mass is 9.86. The van der Waals surface area contributed by atoms with Crippen molar-refractivity contribution in [2.75, 3.05) is 6.61 Å². The van der Waals surface area contributed by atoms with E-state index in [4.69, 9.17) is 4.74 Å². The first-order chi connectivity index (χ1) is 9.13. The van der Waals surface area contributed by atoms with Crippen LogP contribution in [0.25, 0.3) is 0 Å². The zero-order chi connectivity index (χ0) is 13.7. The van der Waals surface area contributed by atoms with E-state index >= 15 is 0 Å². The molecular formula is C16H24O3. The van der Waals surface area contributed by atoms with Crippen molar-refractivity contribution in [3.63, 3.8) is 0 Å². The maximum absolute atomic E-state index is 10.9. The van der Waals surface area contributed by atoms with Crippen molar-refractivity contribution in [2.24, 2.45) is 5.41 Å². The fourth-order valence-corrected chi connectivity index (χ4v) is 2.92. The summed E-state index contributed by atoms with van der Waals surface area (Å²) in [6.07, 6.45) is 11.1. The van der Waals surface area contributed by atoms with Crippen LogP contribution in [0.15, 0.2) is 11.8 Å². The van der Waals surface area contributed by atoms with Gasteiger partial charge in [-0.05, 0) is 44.4 Å². The summed E-state index contributed by atoms with van der Waals surface area (Å²) in [6, 6.07) is 0. The van der Waals surface area contributed by atoms with Gasteiger partial charge < -0.3 is 4.74 Å². The molecule has 0 amide bonds. The molecule has 0 bridgehead atoms. The summed E-state index contributed by atoms with van der Waals surface area (Å²) in [6.45, 7) is 2.60. The predicted octanol–water partition coefficient (Wildman–Crippen LogP) is 3.57. The maximum Gasteiger partial charge on any atom is 0.159 e. The Morgan fingerprint density at radius 1 is 1.11 bits per heavy atom. The molecule has 3 aliphatic carbocycles. The van der Waals surface area contributed by atoms with Gasteiger partial charge in [-0.1, -0.05) is 0 Å². The number of rotatable bonds is 2. The summed E-state index contributed by atoms with van der Waals surface area (Å²) in [7, 11) is 0. The van der Waals surface area contributed by atoms with Crippen molar-refractivity contribution < 1.29 is 14.3 Å². The van der Waals surface area contributed by atoms with Crippen molar-refractivity contribution >= 4 is 11.6 Å². The molecule has 0 heterocycles. The van der Waals surface area contributed by atoms with Gasteiger partial charge in [-0.3, -0.25) is 9.59 Å². The molecule has 0 saturated heterocycles. The molecule has 3 aliphatic rings. The molecule has 0 N–H and O–H groups in total. The van der Waals surface area contributed by atoms with E-state index in [1.807, 2.05) is 6.92 Å². The van der Waals surface area contributed by atoms with Gasteiger partial charge in [0.1, 0.15) is 5.78 Å². The molecule has 2 fully saturated rings. The lowest BCUT2D eigenvalue weighted by Crippen LogP contribution is -2.15. The Morgan fingerprint density at radius 2 is 1.89 bits per heavy atom. The highest BCUT2D eigenvalue weighted by molar-refractivity contribution is 5.90. The largest absolute Gasteiger partial charge is 0.498 e. The molecule has 2 saturated carbocycles. The molecule has 0 unspecified atom stereocenters. The number of ether oxygens (including phenoxy) is 1. The molecule has 0 aromatic carbocycles. The number of Topliss-reactive ketones (excluding diaryl/α,β-unsaturated/α-hetero) is 1. The fourth-order valence-electron chi connectivity index (χ4n) is 2.92. The van der Waals surface area contributed by atoms with Crippen LogP contribution < -0.4 is 0 Å². The summed E-state index contributed by atoms with van der Waals surface area (Å²) in [5.41, 5.74) is 0.551. The zero-order valence-corrected chi connectivity index (χ0v) is 11.9. The summed E-state index contributed by atoms with van der Waals surface area (Å²) in [4.78, 5) is 21.7. The van der Waals surface area contributed by atoms with Crippen LogP contribution in [0.3, 0.4) is 0 Å². The standard InChI is InChI=1S/C8H12O2.C8H12O/c1-2-10-8-5-3-4-7(9)6-8;9-7-2-1-3-8(6-7)4-5-8/h6H,2-5H2,1H3;1-6H2. The van der Waals surface area contributed by atoms with Gasteiger partial charge in [0.25, 0.3) is 0 Å². The molecule has 0 aromatic heterocycles. The topological polar surface area (TPSA) is 43.4 Å². The van der Waals surface area contributed by atoms with Gasteiger partial charge in [-0.15, -0.1) is 0 Å². The number of allylic oxidation sites excluding steroid dienone is 2. The van der Waals surface area contributed by atoms with E-state index in [9.17, 15) is 9.59 Å². The van der Waals surface area contributed by atoms with Crippen LogP contribution >= 0.6 is 0 Å². The average Bonchev–Trinajstić information content (AvgIpc) is 3.09. The summed E-state index contributed by atoms with van der Waals surface area (Å²) < 4.78 is 5.19. The highest BCUT2D eigenvalue weighted by Gasteiger charge is 2.45. The first kappa shape index (κ1) is 14.3. The van der Waals surface area contributed by atoms with Crippen LogP contribution in [0.2, 0.25) is 0 Å². The molecule has 3 rings (SSSR count). The Balaban J connectivity index is 0.000000141. The molecule has 19 heavy (non-hydrogen) atoms. The minimum atomic E-state index is 0.203. The maximum atomic E-state index is 10.9. The van der Waals surface area contributed by atoms with Gasteiger partial charge in [-0.25, -0.2) is 0 Å². The van der Waals surface area contributed by atoms with E-state index in [0.29, 0.717) is 24.2 Å². The van der Waals surface area contributed by atoms with Crippen LogP contribution in [-0.4, -0.2) is 18.2 Å². The van der Waals surface area contributed by atoms with Gasteiger partial charge in [0.15, 0.2) is 5.78 Å². The zero-order valence-electron chi connectivity index (χ0n) is 11.9. The van der Waals surface area contributed by atoms with Crippen LogP contribution in [0.5, 0.6) is 0 Å². The smallest absolute Gasteiger partial charge is 0.159 e. The van der Waals surface area contributed by atoms with Crippen molar-refractivity contribution in [3.8, 4) is 0 Å². The molecule has 106 valence electrons. The Morgan fingerprint density at radius 3 is 2.42 bits per heavy atom. The fraction of sp³-hybridized carbons (Fsp3) is 0.750. The number of hydrogen-bond donors (Lipinski definition) is 0. The quantitative estimate of drug-likeness (QED) is 0.765. The second-order valence-corrected chi connectivity index (χ2v) is 5.93. The van der Waals surface area contributed by atoms with E-state index < -0.39 is 0 Å². The van der Waals surface area contributed by atoms with Crippen molar-refractivity contribution in [2.45, 2.75) is 64.7 Å². The molecule has 0 atom stereocenters. The van der Waals surface area contributed by atoms with Gasteiger partial charge in [-0.2, -0.15) is 0 Å². The SMILES string of the molecule is CCOC1=CC(=O)CCC1.O=C1CCCC2(CC2)C1. The van der Waals surface area contributed by atoms with Crippen molar-refractivity contribution in [1.29, 1.82) is 0 Å². The number of hydrogen-bond acceptors (Lipinski definition) is 3. The Kier molecular flexibility index (Phi) is 4.78. The Labute approximate surface area is 115 Å². The molecule has 0 aliphatic heterocycles. The predicted molar refractivity (Wildman–Crippen MR) is 73.7 cm³/mol. The highest BCUT2D eigenvalue weighted by Crippen LogP contribution is 2.55. The van der Waals surface area contributed by atoms with Crippen LogP contribution in [-0.2, 0) is 14.3 Å². The number of carbonyl (C=O) groups is 2. The van der Waals surface area contributed by atoms with E-state index in [1.54, 1.807) is 6.08 Å². The van der Waals surface area contributed by atoms with E-state index in [1.165, 1.54) is 25.7 Å². The molecule has 0 radical (unpaired) electrons. The van der Waals surface area contributed by atoms with Gasteiger partial charge in [0.2, 0.25) is 0 Å². The first-order valence-electron chi connectivity index (χ1n) is 7.51. The lowest BCUT2D eigenvalue weighted by Gasteiger charge is -2.18. The monoisotopic (exact) mass is 264 g/mol. The van der Waals surface area contributed by atoms with Crippen molar-refractivity contribution in [3.05, 3.63) is 11.8 Å². The molecule has 1 spiro atoms. The molecule has 0 aromatic rings. The summed E-state index contributed by atoms with van der Waals surface area (Å²) in [5, 5.41) is 0. The van der Waals surface area contributed by atoms with Crippen molar-refractivity contribution in [1.82, 2.24) is 0 Å². The lowest BCUT2D eigenvalue weighted by molar-refractivity contribution is -0.122. The highest BCUT2D eigenvalue weighted by atomic mass is 16.5.